The molecule has 1 fully saturated rings. The van der Waals surface area contributed by atoms with Crippen LogP contribution in [0.3, 0.4) is 0 Å². The summed E-state index contributed by atoms with van der Waals surface area (Å²) in [7, 11) is 0. The van der Waals surface area contributed by atoms with Crippen molar-refractivity contribution in [1.82, 2.24) is 4.90 Å². The second-order valence-corrected chi connectivity index (χ2v) is 6.22. The molecule has 2 atom stereocenters. The van der Waals surface area contributed by atoms with Gasteiger partial charge in [0.05, 0.1) is 24.2 Å². The highest BCUT2D eigenvalue weighted by Crippen LogP contribution is 2.44. The van der Waals surface area contributed by atoms with E-state index in [2.05, 4.69) is 4.90 Å². The number of nitro benzene ring substituents is 1. The highest BCUT2D eigenvalue weighted by Gasteiger charge is 2.46. The number of rotatable bonds is 2. The SMILES string of the molecule is CC1(C)Oc2ccc([N+](=O)[O-])cc2[C@@H](N2CCOCC2)[C@@H]1O. The predicted octanol–water partition coefficient (Wildman–Crippen LogP) is 1.50. The van der Waals surface area contributed by atoms with E-state index in [0.29, 0.717) is 37.6 Å². The van der Waals surface area contributed by atoms with Crippen molar-refractivity contribution in [3.8, 4) is 5.75 Å². The molecule has 0 aliphatic carbocycles. The fourth-order valence-corrected chi connectivity index (χ4v) is 3.12. The number of non-ortho nitro benzene ring substituents is 1. The van der Waals surface area contributed by atoms with Crippen LogP contribution in [0.4, 0.5) is 5.69 Å². The Kier molecular flexibility index (Phi) is 3.80. The number of hydrogen-bond donors (Lipinski definition) is 1. The lowest BCUT2D eigenvalue weighted by atomic mass is 9.85. The van der Waals surface area contributed by atoms with Gasteiger partial charge in [-0.2, -0.15) is 0 Å². The largest absolute Gasteiger partial charge is 0.485 e. The molecule has 1 saturated heterocycles. The van der Waals surface area contributed by atoms with E-state index >= 15 is 0 Å². The van der Waals surface area contributed by atoms with Gasteiger partial charge >= 0.3 is 0 Å². The van der Waals surface area contributed by atoms with Crippen molar-refractivity contribution >= 4 is 5.69 Å². The molecule has 0 amide bonds. The Morgan fingerprint density at radius 2 is 2.05 bits per heavy atom. The van der Waals surface area contributed by atoms with Gasteiger partial charge in [-0.25, -0.2) is 0 Å². The molecule has 7 nitrogen and oxygen atoms in total. The summed E-state index contributed by atoms with van der Waals surface area (Å²) in [5.74, 6) is 0.595. The average Bonchev–Trinajstić information content (AvgIpc) is 2.48. The normalized spacial score (nSPS) is 27.8. The number of nitro groups is 1. The number of fused-ring (bicyclic) bond motifs is 1. The second kappa shape index (κ2) is 5.49. The van der Waals surface area contributed by atoms with Gasteiger partial charge in [0.1, 0.15) is 17.5 Å². The Labute approximate surface area is 128 Å². The van der Waals surface area contributed by atoms with Crippen molar-refractivity contribution in [2.45, 2.75) is 31.6 Å². The third kappa shape index (κ3) is 2.55. The van der Waals surface area contributed by atoms with Crippen LogP contribution in [-0.2, 0) is 4.74 Å². The monoisotopic (exact) mass is 308 g/mol. The Morgan fingerprint density at radius 1 is 1.36 bits per heavy atom. The van der Waals surface area contributed by atoms with E-state index in [0.717, 1.165) is 0 Å². The molecule has 1 aromatic rings. The molecule has 2 aliphatic heterocycles. The fraction of sp³-hybridized carbons (Fsp3) is 0.600. The van der Waals surface area contributed by atoms with E-state index in [1.165, 1.54) is 12.1 Å². The summed E-state index contributed by atoms with van der Waals surface area (Å²) in [6.45, 7) is 6.20. The topological polar surface area (TPSA) is 85.1 Å². The van der Waals surface area contributed by atoms with Crippen LogP contribution < -0.4 is 4.74 Å². The minimum Gasteiger partial charge on any atom is -0.485 e. The molecule has 0 aromatic heterocycles. The van der Waals surface area contributed by atoms with E-state index in [1.54, 1.807) is 6.07 Å². The molecule has 0 unspecified atom stereocenters. The van der Waals surface area contributed by atoms with Crippen molar-refractivity contribution in [3.05, 3.63) is 33.9 Å². The molecule has 0 spiro atoms. The summed E-state index contributed by atoms with van der Waals surface area (Å²) < 4.78 is 11.2. The van der Waals surface area contributed by atoms with Crippen LogP contribution in [0.5, 0.6) is 5.75 Å². The van der Waals surface area contributed by atoms with Gasteiger partial charge in [0.25, 0.3) is 5.69 Å². The Balaban J connectivity index is 2.06. The zero-order chi connectivity index (χ0) is 15.9. The third-order valence-electron chi connectivity index (χ3n) is 4.35. The zero-order valence-corrected chi connectivity index (χ0v) is 12.7. The van der Waals surface area contributed by atoms with Gasteiger partial charge in [-0.05, 0) is 19.9 Å². The highest BCUT2D eigenvalue weighted by molar-refractivity contribution is 5.48. The number of ether oxygens (including phenoxy) is 2. The number of benzene rings is 1. The molecule has 0 bridgehead atoms. The van der Waals surface area contributed by atoms with Gasteiger partial charge in [-0.3, -0.25) is 15.0 Å². The number of aliphatic hydroxyl groups excluding tert-OH is 1. The molecular weight excluding hydrogens is 288 g/mol. The van der Waals surface area contributed by atoms with Gasteiger partial charge in [0.15, 0.2) is 0 Å². The lowest BCUT2D eigenvalue weighted by molar-refractivity contribution is -0.385. The van der Waals surface area contributed by atoms with E-state index in [4.69, 9.17) is 9.47 Å². The van der Waals surface area contributed by atoms with Crippen LogP contribution in [0.25, 0.3) is 0 Å². The van der Waals surface area contributed by atoms with Crippen molar-refractivity contribution in [2.75, 3.05) is 26.3 Å². The first kappa shape index (κ1) is 15.2. The Hall–Kier alpha value is -1.70. The first-order valence-corrected chi connectivity index (χ1v) is 7.37. The van der Waals surface area contributed by atoms with Gasteiger partial charge in [0.2, 0.25) is 0 Å². The van der Waals surface area contributed by atoms with Crippen LogP contribution in [-0.4, -0.2) is 52.9 Å². The molecular formula is C15H20N2O5. The summed E-state index contributed by atoms with van der Waals surface area (Å²) in [5, 5.41) is 21.8. The van der Waals surface area contributed by atoms with Crippen LogP contribution in [0.15, 0.2) is 18.2 Å². The van der Waals surface area contributed by atoms with Gasteiger partial charge in [-0.15, -0.1) is 0 Å². The number of hydrogen-bond acceptors (Lipinski definition) is 6. The summed E-state index contributed by atoms with van der Waals surface area (Å²) >= 11 is 0. The Morgan fingerprint density at radius 3 is 2.68 bits per heavy atom. The summed E-state index contributed by atoms with van der Waals surface area (Å²) in [6.07, 6.45) is -0.778. The molecule has 3 rings (SSSR count). The minimum absolute atomic E-state index is 0.00696. The maximum absolute atomic E-state index is 11.0. The van der Waals surface area contributed by atoms with Crippen molar-refractivity contribution in [1.29, 1.82) is 0 Å². The first-order valence-electron chi connectivity index (χ1n) is 7.37. The fourth-order valence-electron chi connectivity index (χ4n) is 3.12. The summed E-state index contributed by atoms with van der Waals surface area (Å²) in [4.78, 5) is 12.7. The van der Waals surface area contributed by atoms with Crippen molar-refractivity contribution in [3.63, 3.8) is 0 Å². The molecule has 22 heavy (non-hydrogen) atoms. The third-order valence-corrected chi connectivity index (χ3v) is 4.35. The molecule has 0 radical (unpaired) electrons. The zero-order valence-electron chi connectivity index (χ0n) is 12.7. The summed E-state index contributed by atoms with van der Waals surface area (Å²) in [6, 6.07) is 4.23. The van der Waals surface area contributed by atoms with E-state index in [-0.39, 0.29) is 11.7 Å². The second-order valence-electron chi connectivity index (χ2n) is 6.22. The van der Waals surface area contributed by atoms with Crippen molar-refractivity contribution in [2.24, 2.45) is 0 Å². The quantitative estimate of drug-likeness (QED) is 0.658. The van der Waals surface area contributed by atoms with Gasteiger partial charge in [-0.1, -0.05) is 0 Å². The molecule has 7 heteroatoms. The Bertz CT molecular complexity index is 583. The maximum atomic E-state index is 11.0. The van der Waals surface area contributed by atoms with Crippen LogP contribution in [0.1, 0.15) is 25.5 Å². The maximum Gasteiger partial charge on any atom is 0.270 e. The molecule has 2 aliphatic rings. The van der Waals surface area contributed by atoms with Crippen molar-refractivity contribution < 1.29 is 19.5 Å². The molecule has 1 N–H and O–H groups in total. The van der Waals surface area contributed by atoms with E-state index in [9.17, 15) is 15.2 Å². The standard InChI is InChI=1S/C15H20N2O5/c1-15(2)14(18)13(16-5-7-21-8-6-16)11-9-10(17(19)20)3-4-12(11)22-15/h3-4,9,13-14,18H,5-8H2,1-2H3/t13-,14+/m1/s1. The van der Waals surface area contributed by atoms with Crippen LogP contribution >= 0.6 is 0 Å². The summed E-state index contributed by atoms with van der Waals surface area (Å²) in [5.41, 5.74) is -0.0815. The highest BCUT2D eigenvalue weighted by atomic mass is 16.6. The molecule has 2 heterocycles. The smallest absolute Gasteiger partial charge is 0.270 e. The van der Waals surface area contributed by atoms with Gasteiger partial charge in [0, 0.05) is 30.8 Å². The molecule has 120 valence electrons. The molecule has 0 saturated carbocycles. The van der Waals surface area contributed by atoms with E-state index < -0.39 is 16.6 Å². The minimum atomic E-state index is -0.778. The average molecular weight is 308 g/mol. The first-order chi connectivity index (χ1) is 10.4. The van der Waals surface area contributed by atoms with Crippen LogP contribution in [0.2, 0.25) is 0 Å². The lowest BCUT2D eigenvalue weighted by Gasteiger charge is -2.47. The molecule has 1 aromatic carbocycles. The lowest BCUT2D eigenvalue weighted by Crippen LogP contribution is -2.55. The van der Waals surface area contributed by atoms with E-state index in [1.807, 2.05) is 13.8 Å². The number of aliphatic hydroxyl groups is 1. The van der Waals surface area contributed by atoms with Crippen LogP contribution in [0, 0.1) is 10.1 Å². The van der Waals surface area contributed by atoms with Gasteiger partial charge < -0.3 is 14.6 Å². The predicted molar refractivity (Wildman–Crippen MR) is 78.9 cm³/mol. The number of nitrogens with zero attached hydrogens (tertiary/aromatic N) is 2. The number of morpholine rings is 1.